The first-order valence-electron chi connectivity index (χ1n) is 8.90. The average molecular weight is 433 g/mol. The zero-order chi connectivity index (χ0) is 22.5. The van der Waals surface area contributed by atoms with Crippen LogP contribution >= 0.6 is 11.6 Å². The van der Waals surface area contributed by atoms with Gasteiger partial charge < -0.3 is 20.5 Å². The third kappa shape index (κ3) is 6.05. The summed E-state index contributed by atoms with van der Waals surface area (Å²) in [5.41, 5.74) is -0.553. The van der Waals surface area contributed by atoms with Gasteiger partial charge in [0.1, 0.15) is 5.75 Å². The van der Waals surface area contributed by atoms with Crippen molar-refractivity contribution < 1.29 is 29.0 Å². The maximum absolute atomic E-state index is 12.5. The molecule has 2 aromatic rings. The molecule has 0 aromatic heterocycles. The second-order valence-corrected chi connectivity index (χ2v) is 7.35. The Morgan fingerprint density at radius 3 is 1.90 bits per heavy atom. The Hall–Kier alpha value is -3.39. The molecule has 1 unspecified atom stereocenters. The number of carbonyl (C=O) groups is 4. The van der Waals surface area contributed by atoms with Gasteiger partial charge in [-0.3, -0.25) is 14.4 Å². The van der Waals surface area contributed by atoms with E-state index in [0.29, 0.717) is 21.9 Å². The van der Waals surface area contributed by atoms with Crippen molar-refractivity contribution in [2.45, 2.75) is 32.5 Å². The molecule has 0 spiro atoms. The normalized spacial score (nSPS) is 11.9. The molecule has 2 rings (SSSR count). The van der Waals surface area contributed by atoms with Gasteiger partial charge in [-0.15, -0.1) is 0 Å². The van der Waals surface area contributed by atoms with Gasteiger partial charge in [0.05, 0.1) is 0 Å². The summed E-state index contributed by atoms with van der Waals surface area (Å²) in [4.78, 5) is 47.2. The van der Waals surface area contributed by atoms with Crippen molar-refractivity contribution in [3.05, 3.63) is 64.7 Å². The van der Waals surface area contributed by atoms with E-state index < -0.39 is 29.6 Å². The van der Waals surface area contributed by atoms with Crippen LogP contribution in [0, 0.1) is 0 Å². The molecule has 0 bridgehead atoms. The topological polar surface area (TPSA) is 122 Å². The highest BCUT2D eigenvalue weighted by molar-refractivity contribution is 6.30. The molecule has 0 aliphatic rings. The van der Waals surface area contributed by atoms with Crippen molar-refractivity contribution in [2.24, 2.45) is 0 Å². The Bertz CT molecular complexity index is 954. The summed E-state index contributed by atoms with van der Waals surface area (Å²) in [5, 5.41) is 14.0. The molecule has 0 saturated heterocycles. The number of hydrogen-bond acceptors (Lipinski definition) is 5. The lowest BCUT2D eigenvalue weighted by Gasteiger charge is -2.27. The molecule has 2 amide bonds. The van der Waals surface area contributed by atoms with Gasteiger partial charge in [0, 0.05) is 23.1 Å². The Balaban J connectivity index is 2.08. The van der Waals surface area contributed by atoms with Crippen molar-refractivity contribution in [3.63, 3.8) is 0 Å². The van der Waals surface area contributed by atoms with Crippen LogP contribution in [0.1, 0.15) is 36.7 Å². The summed E-state index contributed by atoms with van der Waals surface area (Å²) >= 11 is 5.83. The zero-order valence-corrected chi connectivity index (χ0v) is 17.3. The molecule has 0 radical (unpaired) electrons. The Labute approximate surface area is 178 Å². The van der Waals surface area contributed by atoms with E-state index in [4.69, 9.17) is 21.4 Å². The number of nitrogens with one attached hydrogen (secondary N) is 2. The summed E-state index contributed by atoms with van der Waals surface area (Å²) < 4.78 is 5.66. The lowest BCUT2D eigenvalue weighted by molar-refractivity contribution is -0.147. The van der Waals surface area contributed by atoms with Crippen LogP contribution in [0.5, 0.6) is 5.75 Å². The lowest BCUT2D eigenvalue weighted by Crippen LogP contribution is -2.58. The van der Waals surface area contributed by atoms with E-state index in [2.05, 4.69) is 10.6 Å². The Morgan fingerprint density at radius 1 is 0.933 bits per heavy atom. The third-order valence-electron chi connectivity index (χ3n) is 4.01. The van der Waals surface area contributed by atoms with E-state index in [1.54, 1.807) is 36.4 Å². The molecule has 0 saturated carbocycles. The van der Waals surface area contributed by atoms with Crippen LogP contribution in [0.15, 0.2) is 48.5 Å². The summed E-state index contributed by atoms with van der Waals surface area (Å²) in [7, 11) is 0. The standard InChI is InChI=1S/C21H21ClN2O6/c1-12(25)23-18(19(27)28)24-20(29)21(2,3)30-16-10-6-14(7-11-16)17(26)13-4-8-15(22)9-5-13/h4-11,18H,1-3H3,(H,23,25)(H,24,29)(H,27,28). The van der Waals surface area contributed by atoms with Crippen molar-refractivity contribution in [3.8, 4) is 5.75 Å². The number of hydrogen-bond donors (Lipinski definition) is 3. The number of carbonyl (C=O) groups excluding carboxylic acids is 3. The quantitative estimate of drug-likeness (QED) is 0.435. The second-order valence-electron chi connectivity index (χ2n) is 6.92. The Kier molecular flexibility index (Phi) is 7.18. The van der Waals surface area contributed by atoms with E-state index in [9.17, 15) is 19.2 Å². The van der Waals surface area contributed by atoms with Gasteiger partial charge in [-0.1, -0.05) is 11.6 Å². The molecule has 1 atom stereocenters. The number of halogens is 1. The van der Waals surface area contributed by atoms with Gasteiger partial charge in [0.15, 0.2) is 11.4 Å². The van der Waals surface area contributed by atoms with E-state index in [1.807, 2.05) is 0 Å². The predicted molar refractivity (Wildman–Crippen MR) is 109 cm³/mol. The molecular weight excluding hydrogens is 412 g/mol. The largest absolute Gasteiger partial charge is 0.478 e. The zero-order valence-electron chi connectivity index (χ0n) is 16.6. The fraction of sp³-hybridized carbons (Fsp3) is 0.238. The van der Waals surface area contributed by atoms with Gasteiger partial charge >= 0.3 is 5.97 Å². The number of benzene rings is 2. The molecule has 0 aliphatic heterocycles. The van der Waals surface area contributed by atoms with E-state index in [0.717, 1.165) is 6.92 Å². The van der Waals surface area contributed by atoms with Crippen LogP contribution in [0.25, 0.3) is 0 Å². The molecule has 9 heteroatoms. The molecule has 30 heavy (non-hydrogen) atoms. The minimum absolute atomic E-state index is 0.199. The van der Waals surface area contributed by atoms with Gasteiger partial charge in [-0.25, -0.2) is 4.79 Å². The molecule has 0 fully saturated rings. The van der Waals surface area contributed by atoms with Crippen LogP contribution in [-0.2, 0) is 14.4 Å². The second kappa shape index (κ2) is 9.41. The first-order valence-corrected chi connectivity index (χ1v) is 9.27. The molecule has 3 N–H and O–H groups in total. The van der Waals surface area contributed by atoms with Gasteiger partial charge in [-0.2, -0.15) is 0 Å². The SMILES string of the molecule is CC(=O)NC(NC(=O)C(C)(C)Oc1ccc(C(=O)c2ccc(Cl)cc2)cc1)C(=O)O. The van der Waals surface area contributed by atoms with Crippen molar-refractivity contribution >= 4 is 35.2 Å². The maximum Gasteiger partial charge on any atom is 0.347 e. The van der Waals surface area contributed by atoms with Gasteiger partial charge in [0.2, 0.25) is 12.1 Å². The number of ketones is 1. The monoisotopic (exact) mass is 432 g/mol. The number of aliphatic carboxylic acids is 1. The molecule has 2 aromatic carbocycles. The van der Waals surface area contributed by atoms with E-state index in [-0.39, 0.29) is 5.78 Å². The fourth-order valence-corrected chi connectivity index (χ4v) is 2.58. The highest BCUT2D eigenvalue weighted by atomic mass is 35.5. The van der Waals surface area contributed by atoms with Gasteiger partial charge in [0.25, 0.3) is 5.91 Å². The van der Waals surface area contributed by atoms with Crippen molar-refractivity contribution in [2.75, 3.05) is 0 Å². The van der Waals surface area contributed by atoms with Crippen LogP contribution in [0.4, 0.5) is 0 Å². The number of ether oxygens (including phenoxy) is 1. The van der Waals surface area contributed by atoms with Crippen LogP contribution < -0.4 is 15.4 Å². The molecule has 0 aliphatic carbocycles. The minimum Gasteiger partial charge on any atom is -0.478 e. The van der Waals surface area contributed by atoms with Crippen molar-refractivity contribution in [1.82, 2.24) is 10.6 Å². The minimum atomic E-state index is -1.59. The predicted octanol–water partition coefficient (Wildman–Crippen LogP) is 2.39. The van der Waals surface area contributed by atoms with Crippen LogP contribution in [0.3, 0.4) is 0 Å². The van der Waals surface area contributed by atoms with E-state index in [1.165, 1.54) is 26.0 Å². The number of amides is 2. The molecular formula is C21H21ClN2O6. The molecule has 8 nitrogen and oxygen atoms in total. The fourth-order valence-electron chi connectivity index (χ4n) is 2.45. The first kappa shape index (κ1) is 22.9. The highest BCUT2D eigenvalue weighted by Gasteiger charge is 2.33. The summed E-state index contributed by atoms with van der Waals surface area (Å²) in [6.07, 6.45) is -1.59. The maximum atomic E-state index is 12.5. The first-order chi connectivity index (χ1) is 14.0. The van der Waals surface area contributed by atoms with E-state index >= 15 is 0 Å². The summed E-state index contributed by atoms with van der Waals surface area (Å²) in [5.74, 6) is -2.67. The Morgan fingerprint density at radius 2 is 1.43 bits per heavy atom. The summed E-state index contributed by atoms with van der Waals surface area (Å²) in [6.45, 7) is 4.03. The number of carboxylic acid groups (broad SMARTS) is 1. The average Bonchev–Trinajstić information content (AvgIpc) is 2.67. The van der Waals surface area contributed by atoms with Gasteiger partial charge in [-0.05, 0) is 62.4 Å². The van der Waals surface area contributed by atoms with Crippen molar-refractivity contribution in [1.29, 1.82) is 0 Å². The van der Waals surface area contributed by atoms with Crippen LogP contribution in [0.2, 0.25) is 5.02 Å². The third-order valence-corrected chi connectivity index (χ3v) is 4.26. The summed E-state index contributed by atoms with van der Waals surface area (Å²) in [6, 6.07) is 12.7. The lowest BCUT2D eigenvalue weighted by atomic mass is 10.0. The highest BCUT2D eigenvalue weighted by Crippen LogP contribution is 2.21. The molecule has 158 valence electrons. The number of rotatable bonds is 8. The number of carboxylic acids is 1. The smallest absolute Gasteiger partial charge is 0.347 e. The van der Waals surface area contributed by atoms with Crippen LogP contribution in [-0.4, -0.2) is 40.4 Å². The molecule has 0 heterocycles.